The topological polar surface area (TPSA) is 105 Å². The number of fused-ring (bicyclic) bond motifs is 1. The van der Waals surface area contributed by atoms with Crippen LogP contribution in [0.1, 0.15) is 18.4 Å². The van der Waals surface area contributed by atoms with Gasteiger partial charge in [0.05, 0.1) is 17.4 Å². The van der Waals surface area contributed by atoms with E-state index in [1.165, 1.54) is 0 Å². The Hall–Kier alpha value is -3.69. The number of hydrogen-bond donors (Lipinski definition) is 2. The SMILES string of the molecule is O=C(O)[C@@H](CCn1nnc2cc(F)c(F)cc2c1=O)[C@H](O)CCc1ccc(-c2ccc(Cl)cc2)cc1. The number of halogens is 3. The second-order valence-electron chi connectivity index (χ2n) is 8.44. The predicted octanol–water partition coefficient (Wildman–Crippen LogP) is 4.47. The van der Waals surface area contributed by atoms with Gasteiger partial charge in [0.15, 0.2) is 11.6 Å². The van der Waals surface area contributed by atoms with E-state index < -0.39 is 35.2 Å². The molecular formula is C26H22ClF2N3O4. The van der Waals surface area contributed by atoms with Crippen LogP contribution in [0.25, 0.3) is 22.0 Å². The van der Waals surface area contributed by atoms with E-state index in [1.54, 1.807) is 0 Å². The molecule has 0 bridgehead atoms. The molecule has 0 amide bonds. The van der Waals surface area contributed by atoms with E-state index in [2.05, 4.69) is 10.3 Å². The molecular weight excluding hydrogens is 492 g/mol. The van der Waals surface area contributed by atoms with Crippen LogP contribution < -0.4 is 5.56 Å². The maximum Gasteiger partial charge on any atom is 0.309 e. The second-order valence-corrected chi connectivity index (χ2v) is 8.88. The van der Waals surface area contributed by atoms with Crippen LogP contribution >= 0.6 is 11.6 Å². The minimum Gasteiger partial charge on any atom is -0.481 e. The standard InChI is InChI=1S/C26H22ClF2N3O4/c27-18-8-6-17(7-9-18)16-4-1-15(2-5-16)3-10-24(33)19(26(35)36)11-12-32-25(34)20-13-21(28)22(29)14-23(20)30-31-32/h1-2,4-9,13-14,19,24,33H,3,10-12H2,(H,35,36)/t19-,24+/m0/s1. The highest BCUT2D eigenvalue weighted by Gasteiger charge is 2.26. The Kier molecular flexibility index (Phi) is 7.71. The third-order valence-corrected chi connectivity index (χ3v) is 6.31. The van der Waals surface area contributed by atoms with Crippen LogP contribution in [0.5, 0.6) is 0 Å². The molecule has 0 saturated heterocycles. The van der Waals surface area contributed by atoms with Gasteiger partial charge in [-0.1, -0.05) is 53.2 Å². The number of carboxylic acids is 1. The predicted molar refractivity (Wildman–Crippen MR) is 131 cm³/mol. The zero-order chi connectivity index (χ0) is 25.8. The van der Waals surface area contributed by atoms with Gasteiger partial charge >= 0.3 is 5.97 Å². The molecule has 3 aromatic carbocycles. The molecule has 0 aliphatic heterocycles. The Morgan fingerprint density at radius 2 is 1.58 bits per heavy atom. The fraction of sp³-hybridized carbons (Fsp3) is 0.231. The van der Waals surface area contributed by atoms with Crippen molar-refractivity contribution in [2.24, 2.45) is 5.92 Å². The number of carbonyl (C=O) groups is 1. The van der Waals surface area contributed by atoms with E-state index >= 15 is 0 Å². The molecule has 4 rings (SSSR count). The first kappa shape index (κ1) is 25.4. The normalized spacial score (nSPS) is 13.0. The smallest absolute Gasteiger partial charge is 0.309 e. The molecule has 0 unspecified atom stereocenters. The third kappa shape index (κ3) is 5.75. The Morgan fingerprint density at radius 3 is 2.22 bits per heavy atom. The van der Waals surface area contributed by atoms with E-state index in [0.29, 0.717) is 11.4 Å². The molecule has 7 nitrogen and oxygen atoms in total. The van der Waals surface area contributed by atoms with Crippen molar-refractivity contribution in [2.75, 3.05) is 0 Å². The van der Waals surface area contributed by atoms with Gasteiger partial charge in [0, 0.05) is 17.6 Å². The molecule has 0 saturated carbocycles. The van der Waals surface area contributed by atoms with Gasteiger partial charge in [-0.05, 0) is 54.2 Å². The van der Waals surface area contributed by atoms with Gasteiger partial charge < -0.3 is 10.2 Å². The van der Waals surface area contributed by atoms with Gasteiger partial charge in [0.1, 0.15) is 5.52 Å². The summed E-state index contributed by atoms with van der Waals surface area (Å²) in [5.74, 6) is -4.72. The van der Waals surface area contributed by atoms with Crippen molar-refractivity contribution in [3.63, 3.8) is 0 Å². The van der Waals surface area contributed by atoms with E-state index in [0.717, 1.165) is 33.5 Å². The zero-order valence-electron chi connectivity index (χ0n) is 18.9. The highest BCUT2D eigenvalue weighted by atomic mass is 35.5. The van der Waals surface area contributed by atoms with Crippen LogP contribution in [0.4, 0.5) is 8.78 Å². The van der Waals surface area contributed by atoms with Gasteiger partial charge in [-0.2, -0.15) is 0 Å². The summed E-state index contributed by atoms with van der Waals surface area (Å²) in [4.78, 5) is 24.4. The molecule has 0 aliphatic rings. The van der Waals surface area contributed by atoms with E-state index in [-0.39, 0.29) is 30.3 Å². The zero-order valence-corrected chi connectivity index (χ0v) is 19.7. The molecule has 0 aliphatic carbocycles. The summed E-state index contributed by atoms with van der Waals surface area (Å²) < 4.78 is 27.8. The van der Waals surface area contributed by atoms with Crippen molar-refractivity contribution in [3.05, 3.63) is 93.2 Å². The van der Waals surface area contributed by atoms with E-state index in [4.69, 9.17) is 11.6 Å². The number of aliphatic carboxylic acids is 1. The lowest BCUT2D eigenvalue weighted by Crippen LogP contribution is -2.32. The van der Waals surface area contributed by atoms with Crippen LogP contribution in [0.15, 0.2) is 65.5 Å². The molecule has 10 heteroatoms. The molecule has 2 N–H and O–H groups in total. The first-order chi connectivity index (χ1) is 17.2. The Labute approximate surface area is 209 Å². The summed E-state index contributed by atoms with van der Waals surface area (Å²) in [6, 6.07) is 16.7. The molecule has 1 aromatic heterocycles. The Morgan fingerprint density at radius 1 is 0.972 bits per heavy atom. The van der Waals surface area contributed by atoms with Crippen LogP contribution in [-0.2, 0) is 17.8 Å². The van der Waals surface area contributed by atoms with Crippen LogP contribution in [-0.4, -0.2) is 37.3 Å². The van der Waals surface area contributed by atoms with Crippen molar-refractivity contribution in [2.45, 2.75) is 31.9 Å². The summed E-state index contributed by atoms with van der Waals surface area (Å²) in [5.41, 5.74) is 2.12. The molecule has 186 valence electrons. The summed E-state index contributed by atoms with van der Waals surface area (Å²) in [7, 11) is 0. The molecule has 1 heterocycles. The van der Waals surface area contributed by atoms with Crippen molar-refractivity contribution < 1.29 is 23.8 Å². The number of rotatable bonds is 9. The lowest BCUT2D eigenvalue weighted by atomic mass is 9.93. The third-order valence-electron chi connectivity index (χ3n) is 6.06. The summed E-state index contributed by atoms with van der Waals surface area (Å²) in [5, 5.41) is 28.1. The van der Waals surface area contributed by atoms with Gasteiger partial charge in [-0.15, -0.1) is 5.10 Å². The molecule has 4 aromatic rings. The maximum atomic E-state index is 13.5. The first-order valence-corrected chi connectivity index (χ1v) is 11.6. The van der Waals surface area contributed by atoms with Crippen LogP contribution in [0, 0.1) is 17.6 Å². The van der Waals surface area contributed by atoms with E-state index in [1.807, 2.05) is 48.5 Å². The average molecular weight is 514 g/mol. The summed E-state index contributed by atoms with van der Waals surface area (Å²) in [6.45, 7) is -0.162. The van der Waals surface area contributed by atoms with Crippen LogP contribution in [0.3, 0.4) is 0 Å². The number of carboxylic acid groups (broad SMARTS) is 1. The number of aromatic nitrogens is 3. The number of benzene rings is 3. The van der Waals surface area contributed by atoms with E-state index in [9.17, 15) is 28.6 Å². The van der Waals surface area contributed by atoms with Crippen molar-refractivity contribution >= 4 is 28.5 Å². The second kappa shape index (κ2) is 10.9. The fourth-order valence-electron chi connectivity index (χ4n) is 3.98. The highest BCUT2D eigenvalue weighted by Crippen LogP contribution is 2.23. The minimum absolute atomic E-state index is 0.101. The number of aliphatic hydroxyl groups excluding tert-OH is 1. The number of aliphatic hydroxyl groups is 1. The minimum atomic E-state index is -1.21. The molecule has 0 spiro atoms. The van der Waals surface area contributed by atoms with Crippen molar-refractivity contribution in [1.82, 2.24) is 15.0 Å². The Balaban J connectivity index is 1.39. The first-order valence-electron chi connectivity index (χ1n) is 11.2. The number of nitrogens with zero attached hydrogens (tertiary/aromatic N) is 3. The molecule has 0 radical (unpaired) electrons. The summed E-state index contributed by atoms with van der Waals surface area (Å²) >= 11 is 5.93. The highest BCUT2D eigenvalue weighted by molar-refractivity contribution is 6.30. The van der Waals surface area contributed by atoms with Crippen molar-refractivity contribution in [3.8, 4) is 11.1 Å². The monoisotopic (exact) mass is 513 g/mol. The lowest BCUT2D eigenvalue weighted by Gasteiger charge is -2.19. The van der Waals surface area contributed by atoms with Crippen LogP contribution in [0.2, 0.25) is 5.02 Å². The Bertz CT molecular complexity index is 1440. The molecule has 0 fully saturated rings. The quantitative estimate of drug-likeness (QED) is 0.342. The van der Waals surface area contributed by atoms with Gasteiger partial charge in [-0.25, -0.2) is 13.5 Å². The number of aryl methyl sites for hydroxylation is 2. The number of hydrogen-bond acceptors (Lipinski definition) is 5. The fourth-order valence-corrected chi connectivity index (χ4v) is 4.11. The van der Waals surface area contributed by atoms with Gasteiger partial charge in [0.25, 0.3) is 5.56 Å². The largest absolute Gasteiger partial charge is 0.481 e. The van der Waals surface area contributed by atoms with Gasteiger partial charge in [-0.3, -0.25) is 9.59 Å². The average Bonchev–Trinajstić information content (AvgIpc) is 2.86. The molecule has 2 atom stereocenters. The van der Waals surface area contributed by atoms with Crippen molar-refractivity contribution in [1.29, 1.82) is 0 Å². The summed E-state index contributed by atoms with van der Waals surface area (Å²) in [6.07, 6.45) is -0.628. The maximum absolute atomic E-state index is 13.5. The molecule has 36 heavy (non-hydrogen) atoms. The van der Waals surface area contributed by atoms with Gasteiger partial charge in [0.2, 0.25) is 0 Å². The lowest BCUT2D eigenvalue weighted by molar-refractivity contribution is -0.146.